The van der Waals surface area contributed by atoms with Crippen LogP contribution in [0.5, 0.6) is 17.2 Å². The van der Waals surface area contributed by atoms with Crippen molar-refractivity contribution in [2.24, 2.45) is 28.8 Å². The van der Waals surface area contributed by atoms with Gasteiger partial charge in [0.15, 0.2) is 11.5 Å². The number of aromatic carboxylic acids is 1. The predicted octanol–water partition coefficient (Wildman–Crippen LogP) is 3.12. The molecule has 2 bridgehead atoms. The van der Waals surface area contributed by atoms with Gasteiger partial charge < -0.3 is 19.3 Å². The molecule has 1 heterocycles. The molecular weight excluding hydrogens is 452 g/mol. The van der Waals surface area contributed by atoms with E-state index in [-0.39, 0.29) is 47.7 Å². The van der Waals surface area contributed by atoms with E-state index in [1.807, 2.05) is 12.2 Å². The lowest BCUT2D eigenvalue weighted by Gasteiger charge is -2.16. The number of benzene rings is 2. The maximum atomic E-state index is 12.8. The number of ether oxygens (including phenoxy) is 3. The molecule has 5 rings (SSSR count). The van der Waals surface area contributed by atoms with E-state index in [4.69, 9.17) is 14.2 Å². The Labute approximate surface area is 201 Å². The molecular formula is C26H24N2O7. The number of nitrogens with zero attached hydrogens (tertiary/aromatic N) is 2. The van der Waals surface area contributed by atoms with Crippen LogP contribution in [0.1, 0.15) is 27.9 Å². The van der Waals surface area contributed by atoms with Gasteiger partial charge in [0.2, 0.25) is 5.75 Å². The minimum atomic E-state index is -1.02. The molecule has 2 aromatic carbocycles. The van der Waals surface area contributed by atoms with Gasteiger partial charge in [-0.3, -0.25) is 9.59 Å². The van der Waals surface area contributed by atoms with Crippen molar-refractivity contribution in [3.05, 3.63) is 65.2 Å². The van der Waals surface area contributed by atoms with Gasteiger partial charge in [0.1, 0.15) is 6.61 Å². The highest BCUT2D eigenvalue weighted by atomic mass is 16.5. The molecule has 0 aromatic heterocycles. The fourth-order valence-electron chi connectivity index (χ4n) is 5.19. The number of hydrazone groups is 1. The first-order valence-corrected chi connectivity index (χ1v) is 11.2. The highest BCUT2D eigenvalue weighted by molar-refractivity contribution is 6.06. The molecule has 2 fully saturated rings. The van der Waals surface area contributed by atoms with Crippen LogP contribution in [0.2, 0.25) is 0 Å². The number of hydrogen-bond donors (Lipinski definition) is 1. The molecule has 2 aliphatic carbocycles. The second-order valence-corrected chi connectivity index (χ2v) is 8.78. The van der Waals surface area contributed by atoms with Crippen molar-refractivity contribution in [1.29, 1.82) is 0 Å². The Morgan fingerprint density at radius 3 is 2.26 bits per heavy atom. The number of carboxylic acids is 1. The van der Waals surface area contributed by atoms with E-state index in [2.05, 4.69) is 5.10 Å². The van der Waals surface area contributed by atoms with Crippen LogP contribution in [0.25, 0.3) is 0 Å². The lowest BCUT2D eigenvalue weighted by atomic mass is 9.85. The minimum absolute atomic E-state index is 0.0944. The Hall–Kier alpha value is -4.14. The molecule has 2 aromatic rings. The quantitative estimate of drug-likeness (QED) is 0.354. The largest absolute Gasteiger partial charge is 0.493 e. The monoisotopic (exact) mass is 476 g/mol. The predicted molar refractivity (Wildman–Crippen MR) is 124 cm³/mol. The minimum Gasteiger partial charge on any atom is -0.493 e. The number of carbonyl (C=O) groups is 3. The number of allylic oxidation sites excluding steroid dienone is 2. The van der Waals surface area contributed by atoms with Crippen molar-refractivity contribution in [2.45, 2.75) is 13.0 Å². The molecule has 1 saturated carbocycles. The fourth-order valence-corrected chi connectivity index (χ4v) is 5.19. The Kier molecular flexibility index (Phi) is 5.76. The molecule has 4 atom stereocenters. The van der Waals surface area contributed by atoms with Gasteiger partial charge in [-0.1, -0.05) is 24.3 Å². The van der Waals surface area contributed by atoms with Crippen molar-refractivity contribution in [1.82, 2.24) is 5.01 Å². The highest BCUT2D eigenvalue weighted by Crippen LogP contribution is 2.52. The van der Waals surface area contributed by atoms with Crippen molar-refractivity contribution in [3.8, 4) is 17.2 Å². The van der Waals surface area contributed by atoms with Gasteiger partial charge in [-0.05, 0) is 48.1 Å². The summed E-state index contributed by atoms with van der Waals surface area (Å²) in [6, 6.07) is 9.76. The van der Waals surface area contributed by atoms with Crippen LogP contribution in [0.15, 0.2) is 53.7 Å². The number of hydrogen-bond acceptors (Lipinski definition) is 7. The molecule has 180 valence electrons. The number of fused-ring (bicyclic) bond motifs is 5. The van der Waals surface area contributed by atoms with Crippen molar-refractivity contribution < 1.29 is 33.7 Å². The van der Waals surface area contributed by atoms with Crippen LogP contribution in [0.3, 0.4) is 0 Å². The van der Waals surface area contributed by atoms with E-state index in [0.29, 0.717) is 28.4 Å². The van der Waals surface area contributed by atoms with E-state index in [0.717, 1.165) is 11.4 Å². The zero-order valence-electron chi connectivity index (χ0n) is 19.2. The second-order valence-electron chi connectivity index (χ2n) is 8.78. The number of imide groups is 1. The fraction of sp³-hybridized carbons (Fsp3) is 0.308. The van der Waals surface area contributed by atoms with Gasteiger partial charge in [-0.25, -0.2) is 4.79 Å². The van der Waals surface area contributed by atoms with E-state index in [1.54, 1.807) is 24.3 Å². The maximum Gasteiger partial charge on any atom is 0.335 e. The number of carboxylic acid groups (broad SMARTS) is 1. The van der Waals surface area contributed by atoms with Crippen LogP contribution in [0.4, 0.5) is 0 Å². The summed E-state index contributed by atoms with van der Waals surface area (Å²) in [6.07, 6.45) is 6.37. The van der Waals surface area contributed by atoms with E-state index < -0.39 is 5.97 Å². The first-order valence-electron chi connectivity index (χ1n) is 11.2. The summed E-state index contributed by atoms with van der Waals surface area (Å²) in [5.41, 5.74) is 1.38. The van der Waals surface area contributed by atoms with E-state index >= 15 is 0 Å². The number of methoxy groups -OCH3 is 2. The molecule has 1 aliphatic heterocycles. The molecule has 4 unspecified atom stereocenters. The third-order valence-corrected chi connectivity index (χ3v) is 6.81. The molecule has 2 amide bonds. The van der Waals surface area contributed by atoms with Gasteiger partial charge in [-0.15, -0.1) is 0 Å². The topological polar surface area (TPSA) is 115 Å². The second kappa shape index (κ2) is 8.90. The number of amides is 2. The summed E-state index contributed by atoms with van der Waals surface area (Å²) in [5, 5.41) is 14.4. The lowest BCUT2D eigenvalue weighted by Crippen LogP contribution is -2.28. The molecule has 1 saturated heterocycles. The Morgan fingerprint density at radius 1 is 1.06 bits per heavy atom. The van der Waals surface area contributed by atoms with E-state index in [1.165, 1.54) is 32.6 Å². The average Bonchev–Trinajstić information content (AvgIpc) is 3.55. The van der Waals surface area contributed by atoms with Crippen molar-refractivity contribution in [2.75, 3.05) is 14.2 Å². The molecule has 9 heteroatoms. The van der Waals surface area contributed by atoms with Crippen molar-refractivity contribution >= 4 is 24.0 Å². The molecule has 35 heavy (non-hydrogen) atoms. The van der Waals surface area contributed by atoms with Crippen molar-refractivity contribution in [3.63, 3.8) is 0 Å². The molecule has 0 radical (unpaired) electrons. The first-order chi connectivity index (χ1) is 16.9. The third-order valence-electron chi connectivity index (χ3n) is 6.81. The Bertz CT molecular complexity index is 1210. The zero-order valence-corrected chi connectivity index (χ0v) is 19.2. The summed E-state index contributed by atoms with van der Waals surface area (Å²) in [6.45, 7) is 0.0944. The van der Waals surface area contributed by atoms with Gasteiger partial charge in [-0.2, -0.15) is 10.1 Å². The summed E-state index contributed by atoms with van der Waals surface area (Å²) in [5.74, 6) is -0.860. The van der Waals surface area contributed by atoms with Crippen LogP contribution < -0.4 is 14.2 Å². The Morgan fingerprint density at radius 2 is 1.69 bits per heavy atom. The normalized spacial score (nSPS) is 24.3. The van der Waals surface area contributed by atoms with Crippen LogP contribution in [-0.2, 0) is 16.2 Å². The molecule has 0 spiro atoms. The molecule has 3 aliphatic rings. The summed E-state index contributed by atoms with van der Waals surface area (Å²) >= 11 is 0. The maximum absolute atomic E-state index is 12.8. The summed E-state index contributed by atoms with van der Waals surface area (Å²) < 4.78 is 16.9. The van der Waals surface area contributed by atoms with Crippen LogP contribution in [0, 0.1) is 23.7 Å². The summed E-state index contributed by atoms with van der Waals surface area (Å²) in [4.78, 5) is 36.9. The Balaban J connectivity index is 1.35. The molecule has 9 nitrogen and oxygen atoms in total. The average molecular weight is 476 g/mol. The number of rotatable bonds is 8. The van der Waals surface area contributed by atoms with E-state index in [9.17, 15) is 19.5 Å². The zero-order chi connectivity index (χ0) is 24.7. The van der Waals surface area contributed by atoms with Gasteiger partial charge >= 0.3 is 5.97 Å². The lowest BCUT2D eigenvalue weighted by molar-refractivity contribution is -0.140. The van der Waals surface area contributed by atoms with Crippen LogP contribution >= 0.6 is 0 Å². The highest BCUT2D eigenvalue weighted by Gasteiger charge is 2.59. The SMILES string of the molecule is COc1cc(C=NN2C(=O)C3C4C=CC(C4)C3C2=O)cc(OC)c1OCc1cccc(C(=O)O)c1. The summed E-state index contributed by atoms with van der Waals surface area (Å²) in [7, 11) is 2.95. The molecule has 1 N–H and O–H groups in total. The third kappa shape index (κ3) is 3.92. The van der Waals surface area contributed by atoms with Gasteiger partial charge in [0.25, 0.3) is 11.8 Å². The first kappa shape index (κ1) is 22.6. The van der Waals surface area contributed by atoms with Gasteiger partial charge in [0.05, 0.1) is 37.8 Å². The van der Waals surface area contributed by atoms with Gasteiger partial charge in [0, 0.05) is 5.56 Å². The smallest absolute Gasteiger partial charge is 0.335 e. The van der Waals surface area contributed by atoms with Crippen LogP contribution in [-0.4, -0.2) is 48.3 Å². The standard InChI is InChI=1S/C26H24N2O7/c1-33-19-9-15(12-27-28-24(29)21-16-6-7-17(11-16)22(21)25(28)30)10-20(34-2)23(19)35-13-14-4-3-5-18(8-14)26(31)32/h3-10,12,16-17,21-22H,11,13H2,1-2H3,(H,31,32). The number of carbonyl (C=O) groups excluding carboxylic acids is 2.